The van der Waals surface area contributed by atoms with Gasteiger partial charge in [0.2, 0.25) is 0 Å². The second-order valence-electron chi connectivity index (χ2n) is 3.79. The molecule has 4 N–H and O–H groups in total. The maximum absolute atomic E-state index is 9.72. The van der Waals surface area contributed by atoms with E-state index in [9.17, 15) is 5.11 Å². The van der Waals surface area contributed by atoms with Crippen LogP contribution >= 0.6 is 0 Å². The summed E-state index contributed by atoms with van der Waals surface area (Å²) in [5.41, 5.74) is 5.26. The Hall–Kier alpha value is -0.120. The molecule has 0 rings (SSSR count). The summed E-state index contributed by atoms with van der Waals surface area (Å²) in [5.74, 6) is 0. The van der Waals surface area contributed by atoms with Gasteiger partial charge >= 0.3 is 0 Å². The Morgan fingerprint density at radius 1 is 1.43 bits per heavy atom. The normalized spacial score (nSPS) is 14.4. The zero-order valence-corrected chi connectivity index (χ0v) is 9.71. The molecule has 0 spiro atoms. The van der Waals surface area contributed by atoms with Crippen molar-refractivity contribution in [3.63, 3.8) is 0 Å². The molecule has 0 fully saturated rings. The molecule has 3 nitrogen and oxygen atoms in total. The van der Waals surface area contributed by atoms with E-state index in [-0.39, 0.29) is 11.6 Å². The van der Waals surface area contributed by atoms with Gasteiger partial charge in [-0.15, -0.1) is 0 Å². The number of nitrogens with one attached hydrogen (secondary N) is 1. The van der Waals surface area contributed by atoms with Gasteiger partial charge in [-0.3, -0.25) is 0 Å². The maximum Gasteiger partial charge on any atom is 0.0693 e. The number of hydrogen-bond acceptors (Lipinski definition) is 3. The number of rotatable bonds is 8. The molecule has 0 aromatic carbocycles. The molecule has 0 aliphatic carbocycles. The Kier molecular flexibility index (Phi) is 7.15. The second-order valence-corrected chi connectivity index (χ2v) is 3.79. The van der Waals surface area contributed by atoms with E-state index in [2.05, 4.69) is 25.6 Å². The zero-order chi connectivity index (χ0) is 11.0. The first-order valence-corrected chi connectivity index (χ1v) is 5.57. The van der Waals surface area contributed by atoms with Crippen LogP contribution in [0.5, 0.6) is 0 Å². The van der Waals surface area contributed by atoms with E-state index in [1.54, 1.807) is 0 Å². The first-order chi connectivity index (χ1) is 6.63. The van der Waals surface area contributed by atoms with Gasteiger partial charge < -0.3 is 16.2 Å². The lowest BCUT2D eigenvalue weighted by atomic mass is 9.87. The van der Waals surface area contributed by atoms with Crippen molar-refractivity contribution >= 4 is 0 Å². The lowest BCUT2D eigenvalue weighted by molar-refractivity contribution is 0.0692. The molecular weight excluding hydrogens is 176 g/mol. The molecule has 0 aliphatic rings. The SMILES string of the molecule is CCC(CC)(NC[CH]CCN)C(C)O. The number of nitrogens with two attached hydrogens (primary N) is 1. The molecule has 1 atom stereocenters. The van der Waals surface area contributed by atoms with E-state index < -0.39 is 0 Å². The lowest BCUT2D eigenvalue weighted by Crippen LogP contribution is -2.53. The van der Waals surface area contributed by atoms with Gasteiger partial charge in [0.25, 0.3) is 0 Å². The van der Waals surface area contributed by atoms with Crippen molar-refractivity contribution in [2.24, 2.45) is 5.73 Å². The molecule has 0 aromatic rings. The van der Waals surface area contributed by atoms with Gasteiger partial charge in [0.05, 0.1) is 6.10 Å². The molecule has 14 heavy (non-hydrogen) atoms. The fourth-order valence-electron chi connectivity index (χ4n) is 1.73. The van der Waals surface area contributed by atoms with Crippen molar-refractivity contribution in [1.29, 1.82) is 0 Å². The highest BCUT2D eigenvalue weighted by Gasteiger charge is 2.30. The van der Waals surface area contributed by atoms with E-state index in [0.717, 1.165) is 25.8 Å². The summed E-state index contributed by atoms with van der Waals surface area (Å²) in [6.07, 6.45) is 4.62. The minimum atomic E-state index is -0.316. The number of aliphatic hydroxyl groups excluding tert-OH is 1. The van der Waals surface area contributed by atoms with Crippen LogP contribution in [0.25, 0.3) is 0 Å². The fraction of sp³-hybridized carbons (Fsp3) is 0.909. The van der Waals surface area contributed by atoms with Crippen molar-refractivity contribution in [2.75, 3.05) is 13.1 Å². The van der Waals surface area contributed by atoms with Crippen LogP contribution in [-0.4, -0.2) is 29.8 Å². The third-order valence-electron chi connectivity index (χ3n) is 3.03. The average Bonchev–Trinajstić information content (AvgIpc) is 2.18. The highest BCUT2D eigenvalue weighted by atomic mass is 16.3. The third-order valence-corrected chi connectivity index (χ3v) is 3.03. The summed E-state index contributed by atoms with van der Waals surface area (Å²) in [5, 5.41) is 13.1. The second kappa shape index (κ2) is 7.21. The van der Waals surface area contributed by atoms with Gasteiger partial charge in [-0.05, 0) is 45.7 Å². The first-order valence-electron chi connectivity index (χ1n) is 5.57. The summed E-state index contributed by atoms with van der Waals surface area (Å²) in [4.78, 5) is 0. The van der Waals surface area contributed by atoms with Crippen LogP contribution in [-0.2, 0) is 0 Å². The predicted molar refractivity (Wildman–Crippen MR) is 61.0 cm³/mol. The molecule has 0 aromatic heterocycles. The van der Waals surface area contributed by atoms with Gasteiger partial charge in [-0.25, -0.2) is 0 Å². The molecule has 1 radical (unpaired) electrons. The van der Waals surface area contributed by atoms with Gasteiger partial charge in [0, 0.05) is 5.54 Å². The smallest absolute Gasteiger partial charge is 0.0693 e. The van der Waals surface area contributed by atoms with Crippen LogP contribution in [0, 0.1) is 6.42 Å². The molecule has 0 bridgehead atoms. The van der Waals surface area contributed by atoms with Crippen LogP contribution in [0.1, 0.15) is 40.0 Å². The van der Waals surface area contributed by atoms with Gasteiger partial charge in [0.1, 0.15) is 0 Å². The lowest BCUT2D eigenvalue weighted by Gasteiger charge is -2.36. The Bertz CT molecular complexity index is 133. The van der Waals surface area contributed by atoms with Crippen LogP contribution < -0.4 is 11.1 Å². The van der Waals surface area contributed by atoms with Crippen molar-refractivity contribution in [2.45, 2.75) is 51.7 Å². The molecule has 0 saturated heterocycles. The zero-order valence-electron chi connectivity index (χ0n) is 9.71. The van der Waals surface area contributed by atoms with Crippen LogP contribution in [0.15, 0.2) is 0 Å². The van der Waals surface area contributed by atoms with E-state index >= 15 is 0 Å². The Morgan fingerprint density at radius 2 is 2.00 bits per heavy atom. The van der Waals surface area contributed by atoms with Crippen molar-refractivity contribution in [1.82, 2.24) is 5.32 Å². The first kappa shape index (κ1) is 13.9. The minimum Gasteiger partial charge on any atom is -0.391 e. The van der Waals surface area contributed by atoms with Crippen molar-refractivity contribution in [3.8, 4) is 0 Å². The number of unbranched alkanes of at least 4 members (excludes halogenated alkanes) is 1. The Morgan fingerprint density at radius 3 is 2.36 bits per heavy atom. The van der Waals surface area contributed by atoms with E-state index in [0.29, 0.717) is 6.54 Å². The van der Waals surface area contributed by atoms with Gasteiger partial charge in [-0.1, -0.05) is 13.8 Å². The Labute approximate surface area is 88.1 Å². The molecular formula is C11H25N2O. The number of hydrogen-bond donors (Lipinski definition) is 3. The van der Waals surface area contributed by atoms with Crippen LogP contribution in [0.3, 0.4) is 0 Å². The molecule has 3 heteroatoms. The molecule has 0 amide bonds. The third kappa shape index (κ3) is 3.95. The monoisotopic (exact) mass is 201 g/mol. The van der Waals surface area contributed by atoms with Crippen molar-refractivity contribution in [3.05, 3.63) is 6.42 Å². The summed E-state index contributed by atoms with van der Waals surface area (Å²) in [7, 11) is 0. The molecule has 85 valence electrons. The quantitative estimate of drug-likeness (QED) is 0.515. The van der Waals surface area contributed by atoms with E-state index in [1.807, 2.05) is 6.92 Å². The topological polar surface area (TPSA) is 58.3 Å². The molecule has 0 aliphatic heterocycles. The molecule has 0 heterocycles. The molecule has 0 saturated carbocycles. The fourth-order valence-corrected chi connectivity index (χ4v) is 1.73. The summed E-state index contributed by atoms with van der Waals surface area (Å²) >= 11 is 0. The largest absolute Gasteiger partial charge is 0.391 e. The van der Waals surface area contributed by atoms with Crippen molar-refractivity contribution < 1.29 is 5.11 Å². The van der Waals surface area contributed by atoms with Gasteiger partial charge in [0.15, 0.2) is 0 Å². The average molecular weight is 201 g/mol. The van der Waals surface area contributed by atoms with Crippen LogP contribution in [0.4, 0.5) is 0 Å². The highest BCUT2D eigenvalue weighted by Crippen LogP contribution is 2.19. The maximum atomic E-state index is 9.72. The minimum absolute atomic E-state index is 0.134. The summed E-state index contributed by atoms with van der Waals surface area (Å²) < 4.78 is 0. The highest BCUT2D eigenvalue weighted by molar-refractivity contribution is 4.92. The molecule has 1 unspecified atom stereocenters. The Balaban J connectivity index is 3.95. The van der Waals surface area contributed by atoms with Gasteiger partial charge in [-0.2, -0.15) is 0 Å². The van der Waals surface area contributed by atoms with E-state index in [1.165, 1.54) is 0 Å². The standard InChI is InChI=1S/C11H25N2O/c1-4-11(5-2,10(3)14)13-9-7-6-8-12/h7,10,13-14H,4-6,8-9,12H2,1-3H3. The van der Waals surface area contributed by atoms with Crippen LogP contribution in [0.2, 0.25) is 0 Å². The number of aliphatic hydroxyl groups is 1. The summed E-state index contributed by atoms with van der Waals surface area (Å²) in [6, 6.07) is 0. The summed E-state index contributed by atoms with van der Waals surface area (Å²) in [6.45, 7) is 7.58. The van der Waals surface area contributed by atoms with E-state index in [4.69, 9.17) is 5.73 Å². The predicted octanol–water partition coefficient (Wildman–Crippen LogP) is 1.07.